The molecule has 36 heavy (non-hydrogen) atoms. The number of carboxylic acids is 1. The van der Waals surface area contributed by atoms with Gasteiger partial charge in [0.25, 0.3) is 0 Å². The van der Waals surface area contributed by atoms with E-state index in [2.05, 4.69) is 5.10 Å². The van der Waals surface area contributed by atoms with E-state index in [9.17, 15) is 23.1 Å². The number of aromatic nitrogens is 2. The van der Waals surface area contributed by atoms with Crippen molar-refractivity contribution in [3.63, 3.8) is 0 Å². The van der Waals surface area contributed by atoms with E-state index >= 15 is 0 Å². The fraction of sp³-hybridized carbons (Fsp3) is 0.259. The summed E-state index contributed by atoms with van der Waals surface area (Å²) >= 11 is 0. The van der Waals surface area contributed by atoms with Crippen LogP contribution in [0.15, 0.2) is 66.9 Å². The second-order valence-electron chi connectivity index (χ2n) is 9.04. The molecule has 1 N–H and O–H groups in total. The maximum Gasteiger partial charge on any atom is 0.416 e. The normalized spacial score (nSPS) is 13.0. The summed E-state index contributed by atoms with van der Waals surface area (Å²) in [5, 5.41) is 14.6. The molecule has 0 saturated carbocycles. The number of aliphatic carboxylic acids is 1. The smallest absolute Gasteiger partial charge is 0.416 e. The third-order valence-electron chi connectivity index (χ3n) is 5.80. The van der Waals surface area contributed by atoms with Crippen LogP contribution in [0.25, 0.3) is 16.6 Å². The van der Waals surface area contributed by atoms with Gasteiger partial charge in [0.15, 0.2) is 5.60 Å². The van der Waals surface area contributed by atoms with Crippen molar-refractivity contribution in [1.29, 1.82) is 0 Å². The topological polar surface area (TPSA) is 73.6 Å². The molecule has 0 amide bonds. The molecule has 1 unspecified atom stereocenters. The molecule has 0 bridgehead atoms. The van der Waals surface area contributed by atoms with Crippen molar-refractivity contribution >= 4 is 16.9 Å². The molecule has 0 saturated heterocycles. The number of benzene rings is 3. The second-order valence-corrected chi connectivity index (χ2v) is 9.04. The monoisotopic (exact) mass is 498 g/mol. The maximum absolute atomic E-state index is 12.8. The van der Waals surface area contributed by atoms with Crippen LogP contribution in [0.2, 0.25) is 0 Å². The summed E-state index contributed by atoms with van der Waals surface area (Å²) in [6.07, 6.45) is -2.96. The molecule has 188 valence electrons. The fourth-order valence-electron chi connectivity index (χ4n) is 3.62. The summed E-state index contributed by atoms with van der Waals surface area (Å²) in [4.78, 5) is 11.3. The van der Waals surface area contributed by atoms with Gasteiger partial charge in [-0.1, -0.05) is 12.1 Å². The van der Waals surface area contributed by atoms with Crippen LogP contribution >= 0.6 is 0 Å². The Morgan fingerprint density at radius 1 is 1.03 bits per heavy atom. The SMILES string of the molecule is Cc1cc(OC(C)c2ccc3cn(-c4ccc(C(F)(F)F)cc4)nc3c2)ccc1OC(C)(C)C(=O)O. The van der Waals surface area contributed by atoms with Gasteiger partial charge in [-0.05, 0) is 87.4 Å². The molecular weight excluding hydrogens is 473 g/mol. The number of aryl methyl sites for hydroxylation is 1. The van der Waals surface area contributed by atoms with E-state index in [1.54, 1.807) is 29.1 Å². The van der Waals surface area contributed by atoms with E-state index < -0.39 is 23.3 Å². The molecule has 1 atom stereocenters. The van der Waals surface area contributed by atoms with E-state index in [1.807, 2.05) is 32.0 Å². The van der Waals surface area contributed by atoms with Gasteiger partial charge in [-0.15, -0.1) is 0 Å². The molecule has 0 radical (unpaired) electrons. The molecule has 0 aliphatic heterocycles. The lowest BCUT2D eigenvalue weighted by Crippen LogP contribution is -2.38. The quantitative estimate of drug-likeness (QED) is 0.306. The molecule has 6 nitrogen and oxygen atoms in total. The van der Waals surface area contributed by atoms with Gasteiger partial charge >= 0.3 is 12.1 Å². The van der Waals surface area contributed by atoms with Crippen molar-refractivity contribution in [3.05, 3.63) is 83.6 Å². The Kier molecular flexibility index (Phi) is 6.43. The summed E-state index contributed by atoms with van der Waals surface area (Å²) in [6, 6.07) is 15.7. The minimum absolute atomic E-state index is 0.327. The van der Waals surface area contributed by atoms with E-state index in [0.29, 0.717) is 22.7 Å². The minimum atomic E-state index is -4.39. The van der Waals surface area contributed by atoms with Gasteiger partial charge in [0.1, 0.15) is 17.6 Å². The number of halogens is 3. The molecule has 4 aromatic rings. The van der Waals surface area contributed by atoms with Gasteiger partial charge in [-0.25, -0.2) is 9.48 Å². The first-order valence-corrected chi connectivity index (χ1v) is 11.2. The Bertz CT molecular complexity index is 1410. The summed E-state index contributed by atoms with van der Waals surface area (Å²) in [5.74, 6) is -0.0134. The van der Waals surface area contributed by atoms with Crippen molar-refractivity contribution in [1.82, 2.24) is 9.78 Å². The molecule has 0 spiro atoms. The highest BCUT2D eigenvalue weighted by atomic mass is 19.4. The first-order chi connectivity index (χ1) is 16.8. The number of hydrogen-bond acceptors (Lipinski definition) is 4. The summed E-state index contributed by atoms with van der Waals surface area (Å²) in [5.41, 5.74) is 0.730. The van der Waals surface area contributed by atoms with Crippen molar-refractivity contribution in [2.45, 2.75) is 45.6 Å². The molecular formula is C27H25F3N2O4. The van der Waals surface area contributed by atoms with E-state index in [0.717, 1.165) is 28.6 Å². The minimum Gasteiger partial charge on any atom is -0.486 e. The highest BCUT2D eigenvalue weighted by Crippen LogP contribution is 2.31. The van der Waals surface area contributed by atoms with Crippen molar-refractivity contribution in [3.8, 4) is 17.2 Å². The van der Waals surface area contributed by atoms with Crippen LogP contribution in [0, 0.1) is 6.92 Å². The Hall–Kier alpha value is -4.01. The Balaban J connectivity index is 1.51. The average molecular weight is 499 g/mol. The molecule has 1 heterocycles. The molecule has 3 aromatic carbocycles. The third-order valence-corrected chi connectivity index (χ3v) is 5.80. The van der Waals surface area contributed by atoms with Gasteiger partial charge in [0, 0.05) is 11.6 Å². The van der Waals surface area contributed by atoms with E-state index in [-0.39, 0.29) is 6.10 Å². The molecule has 0 aliphatic carbocycles. The zero-order chi connectivity index (χ0) is 26.3. The Morgan fingerprint density at radius 2 is 1.72 bits per heavy atom. The van der Waals surface area contributed by atoms with Crippen LogP contribution < -0.4 is 9.47 Å². The van der Waals surface area contributed by atoms with Crippen molar-refractivity contribution in [2.24, 2.45) is 0 Å². The van der Waals surface area contributed by atoms with Crippen LogP contribution in [-0.4, -0.2) is 26.5 Å². The Labute approximate surface area is 205 Å². The van der Waals surface area contributed by atoms with Crippen LogP contribution in [0.4, 0.5) is 13.2 Å². The van der Waals surface area contributed by atoms with Gasteiger partial charge in [0.05, 0.1) is 16.8 Å². The lowest BCUT2D eigenvalue weighted by Gasteiger charge is -2.23. The third kappa shape index (κ3) is 5.30. The fourth-order valence-corrected chi connectivity index (χ4v) is 3.62. The predicted octanol–water partition coefficient (Wildman–Crippen LogP) is 6.73. The highest BCUT2D eigenvalue weighted by Gasteiger charge is 2.30. The van der Waals surface area contributed by atoms with Crippen molar-refractivity contribution < 1.29 is 32.5 Å². The average Bonchev–Trinajstić information content (AvgIpc) is 3.23. The van der Waals surface area contributed by atoms with Gasteiger partial charge in [-0.2, -0.15) is 18.3 Å². The first-order valence-electron chi connectivity index (χ1n) is 11.2. The summed E-state index contributed by atoms with van der Waals surface area (Å²) < 4.78 is 51.8. The van der Waals surface area contributed by atoms with Gasteiger partial charge < -0.3 is 14.6 Å². The number of fused-ring (bicyclic) bond motifs is 1. The number of nitrogens with zero attached hydrogens (tertiary/aromatic N) is 2. The van der Waals surface area contributed by atoms with Gasteiger partial charge in [-0.3, -0.25) is 0 Å². The van der Waals surface area contributed by atoms with Crippen molar-refractivity contribution in [2.75, 3.05) is 0 Å². The predicted molar refractivity (Wildman–Crippen MR) is 129 cm³/mol. The van der Waals surface area contributed by atoms with Crippen LogP contribution in [-0.2, 0) is 11.0 Å². The number of rotatable bonds is 7. The molecule has 4 rings (SSSR count). The van der Waals surface area contributed by atoms with Crippen LogP contribution in [0.1, 0.15) is 43.6 Å². The number of carbonyl (C=O) groups is 1. The number of carboxylic acid groups (broad SMARTS) is 1. The van der Waals surface area contributed by atoms with E-state index in [1.165, 1.54) is 26.0 Å². The molecule has 0 aliphatic rings. The standard InChI is InChI=1S/C27H25F3N2O4/c1-16-13-22(11-12-24(16)36-26(3,4)25(33)34)35-17(2)18-5-6-19-15-32(31-23(19)14-18)21-9-7-20(8-10-21)27(28,29)30/h5-15,17H,1-4H3,(H,33,34). The number of ether oxygens (including phenoxy) is 2. The molecule has 0 fully saturated rings. The Morgan fingerprint density at radius 3 is 2.33 bits per heavy atom. The second kappa shape index (κ2) is 9.22. The summed E-state index contributed by atoms with van der Waals surface area (Å²) in [6.45, 7) is 6.67. The lowest BCUT2D eigenvalue weighted by molar-refractivity contribution is -0.152. The van der Waals surface area contributed by atoms with E-state index in [4.69, 9.17) is 9.47 Å². The molecule has 9 heteroatoms. The number of hydrogen-bond donors (Lipinski definition) is 1. The molecule has 1 aromatic heterocycles. The summed E-state index contributed by atoms with van der Waals surface area (Å²) in [7, 11) is 0. The highest BCUT2D eigenvalue weighted by molar-refractivity contribution is 5.79. The van der Waals surface area contributed by atoms with Gasteiger partial charge in [0.2, 0.25) is 0 Å². The van der Waals surface area contributed by atoms with Crippen LogP contribution in [0.5, 0.6) is 11.5 Å². The lowest BCUT2D eigenvalue weighted by atomic mass is 10.1. The first kappa shape index (κ1) is 25.1. The maximum atomic E-state index is 12.8. The zero-order valence-corrected chi connectivity index (χ0v) is 20.1. The number of alkyl halides is 3. The zero-order valence-electron chi connectivity index (χ0n) is 20.1. The largest absolute Gasteiger partial charge is 0.486 e. The van der Waals surface area contributed by atoms with Crippen LogP contribution in [0.3, 0.4) is 0 Å².